The van der Waals surface area contributed by atoms with E-state index >= 15 is 0 Å². The largest absolute Gasteiger partial charge is 0.496 e. The highest BCUT2D eigenvalue weighted by atomic mass is 16.5. The summed E-state index contributed by atoms with van der Waals surface area (Å²) in [6.07, 6.45) is 3.22. The zero-order chi connectivity index (χ0) is 23.5. The molecule has 2 amide bonds. The van der Waals surface area contributed by atoms with E-state index in [1.165, 1.54) is 17.7 Å². The van der Waals surface area contributed by atoms with Crippen molar-refractivity contribution in [2.45, 2.75) is 13.8 Å². The molecule has 3 N–H and O–H groups in total. The van der Waals surface area contributed by atoms with Crippen molar-refractivity contribution in [3.63, 3.8) is 0 Å². The van der Waals surface area contributed by atoms with Gasteiger partial charge in [-0.1, -0.05) is 35.9 Å². The van der Waals surface area contributed by atoms with Gasteiger partial charge in [0.2, 0.25) is 11.8 Å². The standard InChI is InChI=1S/C27H24N2O4/c1-16-7-9-18(10-8-16)23-15-33-25-14-24(32-3)21(13-22(23)25)17(2)11-26(30)29-20-6-4-5-19(12-20)27(28)31/h4-15H,1-3H3,(H2,28,31)(H,29,30)/b17-11+. The highest BCUT2D eigenvalue weighted by Gasteiger charge is 2.15. The Morgan fingerprint density at radius 3 is 2.52 bits per heavy atom. The van der Waals surface area contributed by atoms with E-state index in [1.807, 2.05) is 26.0 Å². The molecule has 0 unspecified atom stereocenters. The van der Waals surface area contributed by atoms with Gasteiger partial charge >= 0.3 is 0 Å². The molecule has 0 saturated heterocycles. The van der Waals surface area contributed by atoms with E-state index in [4.69, 9.17) is 14.9 Å². The molecule has 1 aromatic heterocycles. The average Bonchev–Trinajstić information content (AvgIpc) is 3.21. The molecule has 0 aliphatic rings. The Morgan fingerprint density at radius 1 is 1.06 bits per heavy atom. The number of furan rings is 1. The van der Waals surface area contributed by atoms with Crippen LogP contribution in [0.3, 0.4) is 0 Å². The number of aryl methyl sites for hydroxylation is 1. The Kier molecular flexibility index (Phi) is 6.00. The third kappa shape index (κ3) is 4.65. The summed E-state index contributed by atoms with van der Waals surface area (Å²) in [5.41, 5.74) is 11.5. The van der Waals surface area contributed by atoms with Crippen molar-refractivity contribution >= 4 is 34.0 Å². The fraction of sp³-hybridized carbons (Fsp3) is 0.111. The first-order valence-electron chi connectivity index (χ1n) is 10.4. The maximum atomic E-state index is 12.6. The maximum absolute atomic E-state index is 12.6. The number of benzene rings is 3. The third-order valence-corrected chi connectivity index (χ3v) is 5.45. The lowest BCUT2D eigenvalue weighted by Gasteiger charge is -2.10. The van der Waals surface area contributed by atoms with Crippen LogP contribution >= 0.6 is 0 Å². The summed E-state index contributed by atoms with van der Waals surface area (Å²) in [4.78, 5) is 24.0. The van der Waals surface area contributed by atoms with Crippen molar-refractivity contribution in [1.82, 2.24) is 0 Å². The molecule has 1 heterocycles. The third-order valence-electron chi connectivity index (χ3n) is 5.45. The zero-order valence-corrected chi connectivity index (χ0v) is 18.6. The van der Waals surface area contributed by atoms with Crippen molar-refractivity contribution in [3.05, 3.63) is 89.7 Å². The summed E-state index contributed by atoms with van der Waals surface area (Å²) in [6.45, 7) is 3.89. The molecule has 0 bridgehead atoms. The highest BCUT2D eigenvalue weighted by molar-refractivity contribution is 6.06. The molecule has 0 saturated carbocycles. The van der Waals surface area contributed by atoms with Gasteiger partial charge in [0.15, 0.2) is 0 Å². The number of carbonyl (C=O) groups excluding carboxylic acids is 2. The van der Waals surface area contributed by atoms with E-state index in [0.717, 1.165) is 22.1 Å². The molecular weight excluding hydrogens is 416 g/mol. The van der Waals surface area contributed by atoms with Crippen LogP contribution in [0.2, 0.25) is 0 Å². The van der Waals surface area contributed by atoms with Crippen molar-refractivity contribution in [3.8, 4) is 16.9 Å². The first kappa shape index (κ1) is 21.9. The molecule has 0 aliphatic heterocycles. The summed E-state index contributed by atoms with van der Waals surface area (Å²) >= 11 is 0. The second-order valence-electron chi connectivity index (χ2n) is 7.83. The first-order valence-corrected chi connectivity index (χ1v) is 10.4. The van der Waals surface area contributed by atoms with Gasteiger partial charge in [0.25, 0.3) is 0 Å². The van der Waals surface area contributed by atoms with Crippen molar-refractivity contribution in [2.75, 3.05) is 12.4 Å². The Bertz CT molecular complexity index is 1380. The molecule has 4 rings (SSSR count). The Morgan fingerprint density at radius 2 is 1.82 bits per heavy atom. The second-order valence-corrected chi connectivity index (χ2v) is 7.83. The second kappa shape index (κ2) is 9.04. The quantitative estimate of drug-likeness (QED) is 0.384. The van der Waals surface area contributed by atoms with Crippen LogP contribution in [0.4, 0.5) is 5.69 Å². The van der Waals surface area contributed by atoms with Gasteiger partial charge in [0.1, 0.15) is 11.3 Å². The molecule has 0 radical (unpaired) electrons. The molecular formula is C27H24N2O4. The van der Waals surface area contributed by atoms with E-state index < -0.39 is 5.91 Å². The van der Waals surface area contributed by atoms with Crippen LogP contribution in [0.15, 0.2) is 77.4 Å². The molecule has 0 fully saturated rings. The molecule has 6 heteroatoms. The monoisotopic (exact) mass is 440 g/mol. The van der Waals surface area contributed by atoms with Crippen LogP contribution in [-0.2, 0) is 4.79 Å². The van der Waals surface area contributed by atoms with Gasteiger partial charge in [-0.2, -0.15) is 0 Å². The number of nitrogens with two attached hydrogens (primary N) is 1. The van der Waals surface area contributed by atoms with Crippen LogP contribution in [0.5, 0.6) is 5.75 Å². The summed E-state index contributed by atoms with van der Waals surface area (Å²) in [5, 5.41) is 3.70. The molecule has 0 atom stereocenters. The molecule has 0 aliphatic carbocycles. The Hall–Kier alpha value is -4.32. The number of amides is 2. The minimum atomic E-state index is -0.555. The van der Waals surface area contributed by atoms with Gasteiger partial charge in [0, 0.05) is 39.9 Å². The minimum Gasteiger partial charge on any atom is -0.496 e. The summed E-state index contributed by atoms with van der Waals surface area (Å²) < 4.78 is 11.3. The van der Waals surface area contributed by atoms with Gasteiger partial charge in [-0.05, 0) is 49.2 Å². The summed E-state index contributed by atoms with van der Waals surface area (Å²) in [6, 6.07) is 18.5. The van der Waals surface area contributed by atoms with E-state index in [9.17, 15) is 9.59 Å². The predicted molar refractivity (Wildman–Crippen MR) is 130 cm³/mol. The van der Waals surface area contributed by atoms with Crippen LogP contribution in [0.25, 0.3) is 27.7 Å². The number of nitrogens with one attached hydrogen (secondary N) is 1. The maximum Gasteiger partial charge on any atom is 0.248 e. The number of anilines is 1. The van der Waals surface area contributed by atoms with Crippen molar-refractivity contribution < 1.29 is 18.7 Å². The van der Waals surface area contributed by atoms with Crippen LogP contribution in [0.1, 0.15) is 28.4 Å². The molecule has 33 heavy (non-hydrogen) atoms. The van der Waals surface area contributed by atoms with Gasteiger partial charge in [-0.25, -0.2) is 0 Å². The first-order chi connectivity index (χ1) is 15.9. The number of primary amides is 1. The van der Waals surface area contributed by atoms with Crippen LogP contribution < -0.4 is 15.8 Å². The molecule has 4 aromatic rings. The number of rotatable bonds is 6. The zero-order valence-electron chi connectivity index (χ0n) is 18.6. The van der Waals surface area contributed by atoms with E-state index in [1.54, 1.807) is 31.6 Å². The SMILES string of the molecule is COc1cc2occ(-c3ccc(C)cc3)c2cc1/C(C)=C/C(=O)Nc1cccc(C(N)=O)c1. The van der Waals surface area contributed by atoms with Gasteiger partial charge < -0.3 is 20.2 Å². The lowest BCUT2D eigenvalue weighted by atomic mass is 9.99. The van der Waals surface area contributed by atoms with Crippen molar-refractivity contribution in [2.24, 2.45) is 5.73 Å². The van der Waals surface area contributed by atoms with E-state index in [2.05, 4.69) is 29.6 Å². The van der Waals surface area contributed by atoms with Crippen LogP contribution in [0, 0.1) is 6.92 Å². The van der Waals surface area contributed by atoms with Crippen molar-refractivity contribution in [1.29, 1.82) is 0 Å². The van der Waals surface area contributed by atoms with Gasteiger partial charge in [0.05, 0.1) is 13.4 Å². The lowest BCUT2D eigenvalue weighted by molar-refractivity contribution is -0.111. The Labute approximate surface area is 191 Å². The number of hydrogen-bond donors (Lipinski definition) is 2. The molecule has 166 valence electrons. The molecule has 0 spiro atoms. The number of hydrogen-bond acceptors (Lipinski definition) is 4. The Balaban J connectivity index is 1.68. The summed E-state index contributed by atoms with van der Waals surface area (Å²) in [7, 11) is 1.58. The minimum absolute atomic E-state index is 0.323. The fourth-order valence-corrected chi connectivity index (χ4v) is 3.69. The predicted octanol–water partition coefficient (Wildman–Crippen LogP) is 5.56. The van der Waals surface area contributed by atoms with Gasteiger partial charge in [-0.3, -0.25) is 9.59 Å². The number of allylic oxidation sites excluding steroid dienone is 1. The molecule has 3 aromatic carbocycles. The highest BCUT2D eigenvalue weighted by Crippen LogP contribution is 2.37. The average molecular weight is 440 g/mol. The number of methoxy groups -OCH3 is 1. The van der Waals surface area contributed by atoms with Crippen LogP contribution in [-0.4, -0.2) is 18.9 Å². The number of ether oxygens (including phenoxy) is 1. The smallest absolute Gasteiger partial charge is 0.248 e. The van der Waals surface area contributed by atoms with E-state index in [-0.39, 0.29) is 5.91 Å². The normalized spacial score (nSPS) is 11.4. The lowest BCUT2D eigenvalue weighted by Crippen LogP contribution is -2.13. The molecule has 6 nitrogen and oxygen atoms in total. The van der Waals surface area contributed by atoms with E-state index in [0.29, 0.717) is 28.2 Å². The number of fused-ring (bicyclic) bond motifs is 1. The number of carbonyl (C=O) groups is 2. The van der Waals surface area contributed by atoms with Gasteiger partial charge in [-0.15, -0.1) is 0 Å². The fourth-order valence-electron chi connectivity index (χ4n) is 3.69. The summed E-state index contributed by atoms with van der Waals surface area (Å²) in [5.74, 6) is -0.285. The topological polar surface area (TPSA) is 94.6 Å².